The first-order chi connectivity index (χ1) is 19.9. The Morgan fingerprint density at radius 2 is 1.98 bits per heavy atom. The van der Waals surface area contributed by atoms with Gasteiger partial charge in [0.05, 0.1) is 47.6 Å². The third kappa shape index (κ3) is 6.12. The van der Waals surface area contributed by atoms with Crippen molar-refractivity contribution < 1.29 is 17.9 Å². The molecular formula is C27H28FN9O3S. The van der Waals surface area contributed by atoms with E-state index in [4.69, 9.17) is 0 Å². The third-order valence-corrected chi connectivity index (χ3v) is 8.95. The van der Waals surface area contributed by atoms with Gasteiger partial charge in [-0.05, 0) is 49.9 Å². The number of aliphatic hydroxyl groups excluding tert-OH is 1. The van der Waals surface area contributed by atoms with Crippen molar-refractivity contribution in [1.29, 1.82) is 0 Å². The molecule has 4 aromatic heterocycles. The van der Waals surface area contributed by atoms with Crippen molar-refractivity contribution in [3.8, 4) is 23.2 Å². The Bertz CT molecular complexity index is 1720. The Morgan fingerprint density at radius 1 is 1.10 bits per heavy atom. The van der Waals surface area contributed by atoms with Gasteiger partial charge in [0, 0.05) is 30.2 Å². The number of piperidine rings is 1. The van der Waals surface area contributed by atoms with Crippen molar-refractivity contribution in [3.05, 3.63) is 66.0 Å². The zero-order chi connectivity index (χ0) is 28.4. The molecule has 0 radical (unpaired) electrons. The SMILES string of the molecule is O=S(=O)(C1CC1)n1cc(-c2nccc(Nc3cc(C4CC(O)CCN4)c(C#Cc4cnn(CCF)c4)cn3)n2)cn1. The molecule has 14 heteroatoms. The number of hydrogen-bond acceptors (Lipinski definition) is 10. The number of hydrogen-bond donors (Lipinski definition) is 3. The van der Waals surface area contributed by atoms with E-state index in [9.17, 15) is 17.9 Å². The zero-order valence-corrected chi connectivity index (χ0v) is 22.8. The van der Waals surface area contributed by atoms with Gasteiger partial charge in [-0.1, -0.05) is 11.8 Å². The monoisotopic (exact) mass is 577 g/mol. The van der Waals surface area contributed by atoms with E-state index in [-0.39, 0.29) is 17.8 Å². The van der Waals surface area contributed by atoms with Gasteiger partial charge in [-0.25, -0.2) is 27.8 Å². The number of halogens is 1. The molecule has 2 fully saturated rings. The summed E-state index contributed by atoms with van der Waals surface area (Å²) in [7, 11) is -3.49. The van der Waals surface area contributed by atoms with E-state index in [0.717, 1.165) is 9.65 Å². The zero-order valence-electron chi connectivity index (χ0n) is 22.0. The number of pyridine rings is 1. The maximum atomic E-state index is 12.6. The fourth-order valence-corrected chi connectivity index (χ4v) is 6.10. The van der Waals surface area contributed by atoms with Crippen LogP contribution in [0, 0.1) is 11.8 Å². The number of anilines is 2. The highest BCUT2D eigenvalue weighted by molar-refractivity contribution is 7.90. The van der Waals surface area contributed by atoms with Crippen molar-refractivity contribution in [2.45, 2.75) is 49.6 Å². The van der Waals surface area contributed by atoms with Crippen LogP contribution >= 0.6 is 0 Å². The van der Waals surface area contributed by atoms with E-state index >= 15 is 0 Å². The second-order valence-corrected chi connectivity index (χ2v) is 12.1. The molecule has 0 spiro atoms. The molecule has 1 saturated carbocycles. The summed E-state index contributed by atoms with van der Waals surface area (Å²) in [6.07, 6.45) is 11.4. The van der Waals surface area contributed by atoms with E-state index in [1.54, 1.807) is 30.9 Å². The lowest BCUT2D eigenvalue weighted by atomic mass is 9.93. The summed E-state index contributed by atoms with van der Waals surface area (Å²) < 4.78 is 40.1. The van der Waals surface area contributed by atoms with Crippen LogP contribution in [-0.2, 0) is 16.6 Å². The normalized spacial score (nSPS) is 19.0. The molecule has 4 aromatic rings. The standard InChI is InChI=1S/C27H28FN9O3S/c28-7-10-36-16-18(13-32-36)1-2-19-14-31-26(12-23(19)24-11-21(38)5-8-29-24)34-25-6-9-30-27(35-25)20-15-33-37(17-20)41(39,40)22-3-4-22/h6,9,12-17,21-22,24,29,38H,3-5,7-8,10-11H2,(H,30,31,34,35). The topological polar surface area (TPSA) is 153 Å². The first-order valence-corrected chi connectivity index (χ1v) is 14.8. The summed E-state index contributed by atoms with van der Waals surface area (Å²) in [6, 6.07) is 3.41. The molecule has 2 unspecified atom stereocenters. The molecule has 2 atom stereocenters. The summed E-state index contributed by atoms with van der Waals surface area (Å²) in [5.74, 6) is 7.52. The fourth-order valence-electron chi connectivity index (χ4n) is 4.62. The summed E-state index contributed by atoms with van der Waals surface area (Å²) in [5, 5.41) is 24.7. The van der Waals surface area contributed by atoms with Crippen molar-refractivity contribution in [1.82, 2.24) is 39.2 Å². The number of aryl methyl sites for hydroxylation is 1. The van der Waals surface area contributed by atoms with Crippen LogP contribution in [0.4, 0.5) is 16.0 Å². The Hall–Kier alpha value is -4.19. The largest absolute Gasteiger partial charge is 0.393 e. The number of nitrogens with zero attached hydrogens (tertiary/aromatic N) is 7. The summed E-state index contributed by atoms with van der Waals surface area (Å²) in [5.41, 5.74) is 2.69. The van der Waals surface area contributed by atoms with Gasteiger partial charge in [-0.3, -0.25) is 4.68 Å². The van der Waals surface area contributed by atoms with Gasteiger partial charge in [0.15, 0.2) is 5.82 Å². The van der Waals surface area contributed by atoms with Crippen LogP contribution in [0.2, 0.25) is 0 Å². The highest BCUT2D eigenvalue weighted by Crippen LogP contribution is 2.31. The summed E-state index contributed by atoms with van der Waals surface area (Å²) >= 11 is 0. The molecule has 2 aliphatic rings. The Labute approximate surface area is 236 Å². The van der Waals surface area contributed by atoms with Gasteiger partial charge in [0.25, 0.3) is 10.0 Å². The van der Waals surface area contributed by atoms with E-state index in [2.05, 4.69) is 47.6 Å². The number of aliphatic hydroxyl groups is 1. The van der Waals surface area contributed by atoms with Gasteiger partial charge < -0.3 is 15.7 Å². The lowest BCUT2D eigenvalue weighted by Crippen LogP contribution is -2.34. The van der Waals surface area contributed by atoms with Crippen LogP contribution in [0.15, 0.2) is 49.3 Å². The van der Waals surface area contributed by atoms with E-state index in [1.165, 1.54) is 17.1 Å². The smallest absolute Gasteiger partial charge is 0.256 e. The van der Waals surface area contributed by atoms with Crippen LogP contribution in [0.5, 0.6) is 0 Å². The van der Waals surface area contributed by atoms with Crippen LogP contribution in [0.3, 0.4) is 0 Å². The summed E-state index contributed by atoms with van der Waals surface area (Å²) in [4.78, 5) is 13.3. The highest BCUT2D eigenvalue weighted by Gasteiger charge is 2.37. The van der Waals surface area contributed by atoms with E-state index < -0.39 is 22.8 Å². The maximum Gasteiger partial charge on any atom is 0.256 e. The molecule has 12 nitrogen and oxygen atoms in total. The second-order valence-electron chi connectivity index (χ2n) is 10.0. The minimum atomic E-state index is -3.49. The molecule has 0 bridgehead atoms. The van der Waals surface area contributed by atoms with Crippen molar-refractivity contribution in [3.63, 3.8) is 0 Å². The minimum absolute atomic E-state index is 0.138. The molecule has 3 N–H and O–H groups in total. The Balaban J connectivity index is 1.26. The van der Waals surface area contributed by atoms with Crippen molar-refractivity contribution >= 4 is 21.7 Å². The number of aromatic nitrogens is 7. The lowest BCUT2D eigenvalue weighted by Gasteiger charge is -2.28. The van der Waals surface area contributed by atoms with Crippen LogP contribution in [0.25, 0.3) is 11.4 Å². The molecule has 1 aliphatic carbocycles. The van der Waals surface area contributed by atoms with Gasteiger partial charge in [-0.15, -0.1) is 0 Å². The number of alkyl halides is 1. The molecule has 212 valence electrons. The van der Waals surface area contributed by atoms with Crippen LogP contribution in [-0.4, -0.2) is 72.0 Å². The lowest BCUT2D eigenvalue weighted by molar-refractivity contribution is 0.116. The van der Waals surface area contributed by atoms with Crippen molar-refractivity contribution in [2.75, 3.05) is 18.5 Å². The Kier molecular flexibility index (Phi) is 7.48. The van der Waals surface area contributed by atoms with Crippen molar-refractivity contribution in [2.24, 2.45) is 0 Å². The Morgan fingerprint density at radius 3 is 2.78 bits per heavy atom. The third-order valence-electron chi connectivity index (χ3n) is 6.91. The average Bonchev–Trinajstić information content (AvgIpc) is 3.55. The van der Waals surface area contributed by atoms with Gasteiger partial charge in [-0.2, -0.15) is 14.3 Å². The average molecular weight is 578 g/mol. The quantitative estimate of drug-likeness (QED) is 0.266. The number of nitrogens with one attached hydrogen (secondary N) is 2. The van der Waals surface area contributed by atoms with Gasteiger partial charge in [0.1, 0.15) is 18.3 Å². The second kappa shape index (κ2) is 11.4. The molecule has 5 heterocycles. The highest BCUT2D eigenvalue weighted by atomic mass is 32.2. The van der Waals surface area contributed by atoms with Crippen LogP contribution < -0.4 is 10.6 Å². The maximum absolute atomic E-state index is 12.6. The minimum Gasteiger partial charge on any atom is -0.393 e. The van der Waals surface area contributed by atoms with E-state index in [1.807, 2.05) is 6.07 Å². The molecular weight excluding hydrogens is 549 g/mol. The summed E-state index contributed by atoms with van der Waals surface area (Å²) in [6.45, 7) is 0.331. The predicted octanol–water partition coefficient (Wildman–Crippen LogP) is 2.17. The molecule has 1 saturated heterocycles. The molecule has 1 aliphatic heterocycles. The van der Waals surface area contributed by atoms with Gasteiger partial charge in [0.2, 0.25) is 0 Å². The van der Waals surface area contributed by atoms with Crippen LogP contribution in [0.1, 0.15) is 48.4 Å². The first-order valence-electron chi connectivity index (χ1n) is 13.3. The molecule has 0 amide bonds. The first kappa shape index (κ1) is 27.0. The number of rotatable bonds is 8. The van der Waals surface area contributed by atoms with E-state index in [0.29, 0.717) is 66.4 Å². The fraction of sp³-hybridized carbons (Fsp3) is 0.370. The molecule has 6 rings (SSSR count). The van der Waals surface area contributed by atoms with Gasteiger partial charge >= 0.3 is 0 Å². The molecule has 0 aromatic carbocycles. The predicted molar refractivity (Wildman–Crippen MR) is 148 cm³/mol. The molecule has 41 heavy (non-hydrogen) atoms.